The van der Waals surface area contributed by atoms with Crippen molar-refractivity contribution in [3.8, 4) is 11.4 Å². The molecule has 1 N–H and O–H groups in total. The van der Waals surface area contributed by atoms with Crippen LogP contribution in [0.5, 0.6) is 5.75 Å². The Balaban J connectivity index is 1.73. The van der Waals surface area contributed by atoms with Gasteiger partial charge in [0.1, 0.15) is 11.6 Å². The molecular weight excluding hydrogens is 390 g/mol. The summed E-state index contributed by atoms with van der Waals surface area (Å²) >= 11 is 0. The third kappa shape index (κ3) is 4.56. The molecule has 0 radical (unpaired) electrons. The van der Waals surface area contributed by atoms with Crippen LogP contribution in [0.1, 0.15) is 27.2 Å². The number of alkyl halides is 3. The minimum atomic E-state index is -4.77. The normalized spacial score (nSPS) is 11.4. The van der Waals surface area contributed by atoms with Crippen LogP contribution in [-0.2, 0) is 12.7 Å². The zero-order chi connectivity index (χ0) is 21.2. The molecule has 5 nitrogen and oxygen atoms in total. The maximum Gasteiger partial charge on any atom is 0.419 e. The van der Waals surface area contributed by atoms with Gasteiger partial charge in [0.2, 0.25) is 0 Å². The van der Waals surface area contributed by atoms with Gasteiger partial charge in [0.05, 0.1) is 30.4 Å². The van der Waals surface area contributed by atoms with Crippen molar-refractivity contribution in [2.24, 2.45) is 0 Å². The van der Waals surface area contributed by atoms with Crippen LogP contribution in [0.2, 0.25) is 0 Å². The van der Waals surface area contributed by atoms with E-state index in [1.165, 1.54) is 13.2 Å². The molecule has 0 saturated carbocycles. The fourth-order valence-corrected chi connectivity index (χ4v) is 2.77. The molecule has 0 atom stereocenters. The fourth-order valence-electron chi connectivity index (χ4n) is 2.77. The zero-order valence-electron chi connectivity index (χ0n) is 15.5. The smallest absolute Gasteiger partial charge is 0.419 e. The van der Waals surface area contributed by atoms with Gasteiger partial charge in [0, 0.05) is 18.3 Å². The number of aryl methyl sites for hydroxylation is 1. The number of carbonyl (C=O) groups is 1. The molecule has 2 aromatic carbocycles. The van der Waals surface area contributed by atoms with Crippen LogP contribution in [0.4, 0.5) is 17.6 Å². The Labute approximate surface area is 163 Å². The quantitative estimate of drug-likeness (QED) is 0.643. The van der Waals surface area contributed by atoms with E-state index in [1.54, 1.807) is 29.2 Å². The molecule has 1 aromatic heterocycles. The summed E-state index contributed by atoms with van der Waals surface area (Å²) in [5.41, 5.74) is 0.658. The summed E-state index contributed by atoms with van der Waals surface area (Å²) in [5, 5.41) is 2.55. The number of benzene rings is 2. The van der Waals surface area contributed by atoms with E-state index in [1.807, 2.05) is 6.92 Å². The molecule has 1 heterocycles. The molecule has 0 spiro atoms. The van der Waals surface area contributed by atoms with Crippen LogP contribution >= 0.6 is 0 Å². The Morgan fingerprint density at radius 2 is 1.97 bits per heavy atom. The number of rotatable bonds is 5. The largest absolute Gasteiger partial charge is 0.495 e. The van der Waals surface area contributed by atoms with Crippen LogP contribution in [0, 0.1) is 12.7 Å². The molecule has 0 unspecified atom stereocenters. The molecule has 3 rings (SSSR count). The second-order valence-corrected chi connectivity index (χ2v) is 6.30. The second kappa shape index (κ2) is 7.94. The number of amides is 1. The average molecular weight is 407 g/mol. The van der Waals surface area contributed by atoms with Gasteiger partial charge in [-0.2, -0.15) is 13.2 Å². The highest BCUT2D eigenvalue weighted by Gasteiger charge is 2.33. The maximum atomic E-state index is 13.6. The van der Waals surface area contributed by atoms with E-state index < -0.39 is 23.5 Å². The molecule has 3 aromatic rings. The molecule has 0 aliphatic carbocycles. The zero-order valence-corrected chi connectivity index (χ0v) is 15.5. The summed E-state index contributed by atoms with van der Waals surface area (Å²) in [6.45, 7) is 1.72. The highest BCUT2D eigenvalue weighted by atomic mass is 19.4. The second-order valence-electron chi connectivity index (χ2n) is 6.30. The van der Waals surface area contributed by atoms with Crippen LogP contribution in [0.15, 0.2) is 48.9 Å². The van der Waals surface area contributed by atoms with E-state index in [0.717, 1.165) is 17.8 Å². The average Bonchev–Trinajstić information content (AvgIpc) is 3.10. The van der Waals surface area contributed by atoms with Gasteiger partial charge in [-0.3, -0.25) is 4.79 Å². The number of methoxy groups -OCH3 is 1. The van der Waals surface area contributed by atoms with Gasteiger partial charge in [-0.1, -0.05) is 6.07 Å². The molecule has 0 aliphatic rings. The molecular formula is C20H17F4N3O2. The predicted octanol–water partition coefficient (Wildman–Crippen LogP) is 4.28. The van der Waals surface area contributed by atoms with Crippen molar-refractivity contribution in [3.63, 3.8) is 0 Å². The van der Waals surface area contributed by atoms with Crippen molar-refractivity contribution < 1.29 is 27.1 Å². The molecule has 152 valence electrons. The Hall–Kier alpha value is -3.36. The van der Waals surface area contributed by atoms with Crippen LogP contribution in [0.3, 0.4) is 0 Å². The number of hydrogen-bond donors (Lipinski definition) is 1. The van der Waals surface area contributed by atoms with E-state index in [0.29, 0.717) is 17.5 Å². The van der Waals surface area contributed by atoms with Crippen LogP contribution in [-0.4, -0.2) is 22.6 Å². The summed E-state index contributed by atoms with van der Waals surface area (Å²) in [6, 6.07) is 7.34. The van der Waals surface area contributed by atoms with Crippen molar-refractivity contribution >= 4 is 5.91 Å². The van der Waals surface area contributed by atoms with Crippen LogP contribution in [0.25, 0.3) is 5.69 Å². The highest BCUT2D eigenvalue weighted by Crippen LogP contribution is 2.31. The molecule has 29 heavy (non-hydrogen) atoms. The van der Waals surface area contributed by atoms with E-state index in [4.69, 9.17) is 4.74 Å². The predicted molar refractivity (Wildman–Crippen MR) is 97.4 cm³/mol. The molecule has 0 saturated heterocycles. The number of ether oxygens (including phenoxy) is 1. The Kier molecular flexibility index (Phi) is 5.58. The van der Waals surface area contributed by atoms with Gasteiger partial charge in [0.25, 0.3) is 5.91 Å². The first kappa shape index (κ1) is 20.4. The topological polar surface area (TPSA) is 56.1 Å². The number of halogens is 4. The van der Waals surface area contributed by atoms with E-state index in [2.05, 4.69) is 10.3 Å². The van der Waals surface area contributed by atoms with E-state index in [-0.39, 0.29) is 17.7 Å². The highest BCUT2D eigenvalue weighted by molar-refractivity contribution is 5.95. The Morgan fingerprint density at radius 3 is 2.55 bits per heavy atom. The third-order valence-corrected chi connectivity index (χ3v) is 4.22. The standard InChI is InChI=1S/C20H17F4N3O2/c1-12-10-27(11-26-12)17-6-4-14(8-18(17)29-2)19(28)25-9-13-3-5-15(16(21)7-13)20(22,23)24/h3-8,10-11H,9H2,1-2H3,(H,25,28). The summed E-state index contributed by atoms with van der Waals surface area (Å²) in [4.78, 5) is 16.5. The SMILES string of the molecule is COc1cc(C(=O)NCc2ccc(C(F)(F)F)c(F)c2)ccc1-n1cnc(C)c1. The number of aromatic nitrogens is 2. The summed E-state index contributed by atoms with van der Waals surface area (Å²) in [6.07, 6.45) is -1.35. The van der Waals surface area contributed by atoms with Crippen molar-refractivity contribution in [1.82, 2.24) is 14.9 Å². The lowest BCUT2D eigenvalue weighted by atomic mass is 10.1. The van der Waals surface area contributed by atoms with E-state index in [9.17, 15) is 22.4 Å². The lowest BCUT2D eigenvalue weighted by Gasteiger charge is -2.12. The fraction of sp³-hybridized carbons (Fsp3) is 0.200. The number of nitrogens with zero attached hydrogens (tertiary/aromatic N) is 2. The Bertz CT molecular complexity index is 1040. The van der Waals surface area contributed by atoms with Crippen molar-refractivity contribution in [3.05, 3.63) is 77.1 Å². The lowest BCUT2D eigenvalue weighted by molar-refractivity contribution is -0.140. The van der Waals surface area contributed by atoms with E-state index >= 15 is 0 Å². The van der Waals surface area contributed by atoms with Gasteiger partial charge in [-0.25, -0.2) is 9.37 Å². The third-order valence-electron chi connectivity index (χ3n) is 4.22. The van der Waals surface area contributed by atoms with Crippen LogP contribution < -0.4 is 10.1 Å². The van der Waals surface area contributed by atoms with Gasteiger partial charge >= 0.3 is 6.18 Å². The van der Waals surface area contributed by atoms with Gasteiger partial charge < -0.3 is 14.6 Å². The van der Waals surface area contributed by atoms with Gasteiger partial charge in [0.15, 0.2) is 0 Å². The van der Waals surface area contributed by atoms with Crippen molar-refractivity contribution in [2.75, 3.05) is 7.11 Å². The summed E-state index contributed by atoms with van der Waals surface area (Å²) in [7, 11) is 1.47. The Morgan fingerprint density at radius 1 is 1.21 bits per heavy atom. The minimum absolute atomic E-state index is 0.126. The molecule has 9 heteroatoms. The lowest BCUT2D eigenvalue weighted by Crippen LogP contribution is -2.23. The first-order valence-corrected chi connectivity index (χ1v) is 8.52. The first-order chi connectivity index (χ1) is 13.7. The monoisotopic (exact) mass is 407 g/mol. The number of nitrogens with one attached hydrogen (secondary N) is 1. The van der Waals surface area contributed by atoms with Gasteiger partial charge in [-0.05, 0) is 42.8 Å². The molecule has 0 aliphatic heterocycles. The number of hydrogen-bond acceptors (Lipinski definition) is 3. The van der Waals surface area contributed by atoms with Gasteiger partial charge in [-0.15, -0.1) is 0 Å². The minimum Gasteiger partial charge on any atom is -0.495 e. The molecule has 0 fully saturated rings. The summed E-state index contributed by atoms with van der Waals surface area (Å²) in [5.74, 6) is -1.42. The van der Waals surface area contributed by atoms with Crippen molar-refractivity contribution in [2.45, 2.75) is 19.6 Å². The number of imidazole rings is 1. The first-order valence-electron chi connectivity index (χ1n) is 8.52. The van der Waals surface area contributed by atoms with Crippen molar-refractivity contribution in [1.29, 1.82) is 0 Å². The molecule has 1 amide bonds. The maximum absolute atomic E-state index is 13.6. The summed E-state index contributed by atoms with van der Waals surface area (Å²) < 4.78 is 58.6. The number of carbonyl (C=O) groups excluding carboxylic acids is 1. The molecule has 0 bridgehead atoms.